The molecule has 1 saturated heterocycles. The average Bonchev–Trinajstić information content (AvgIpc) is 3.06. The van der Waals surface area contributed by atoms with Crippen molar-refractivity contribution in [2.45, 2.75) is 0 Å². The molecule has 0 saturated carbocycles. The van der Waals surface area contributed by atoms with Crippen molar-refractivity contribution < 1.29 is 9.53 Å². The van der Waals surface area contributed by atoms with E-state index in [0.717, 1.165) is 41.7 Å². The number of hydrogen-bond donors (Lipinski definition) is 2. The molecule has 4 rings (SSSR count). The Morgan fingerprint density at radius 1 is 1.12 bits per heavy atom. The predicted octanol–water partition coefficient (Wildman–Crippen LogP) is 4.43. The van der Waals surface area contributed by atoms with E-state index in [9.17, 15) is 4.79 Å². The van der Waals surface area contributed by atoms with Gasteiger partial charge < -0.3 is 20.3 Å². The number of hydrogen-bond acceptors (Lipinski definition) is 5. The van der Waals surface area contributed by atoms with Crippen molar-refractivity contribution in [2.24, 2.45) is 0 Å². The van der Waals surface area contributed by atoms with Crippen molar-refractivity contribution in [2.75, 3.05) is 41.8 Å². The SMILES string of the molecule is O=C(Nc1cccc(Cl)c1)Nc1ccc2nc(N3CCOCC3)sc2c1. The maximum atomic E-state index is 12.2. The molecule has 8 heteroatoms. The summed E-state index contributed by atoms with van der Waals surface area (Å²) in [6.45, 7) is 3.17. The first-order valence-corrected chi connectivity index (χ1v) is 9.44. The van der Waals surface area contributed by atoms with Crippen LogP contribution in [0.5, 0.6) is 0 Å². The molecule has 26 heavy (non-hydrogen) atoms. The molecule has 1 aliphatic heterocycles. The molecule has 134 valence electrons. The molecule has 2 heterocycles. The Morgan fingerprint density at radius 3 is 2.65 bits per heavy atom. The topological polar surface area (TPSA) is 66.5 Å². The van der Waals surface area contributed by atoms with Gasteiger partial charge >= 0.3 is 6.03 Å². The zero-order chi connectivity index (χ0) is 17.9. The molecule has 1 aliphatic rings. The van der Waals surface area contributed by atoms with Crippen LogP contribution in [0.2, 0.25) is 5.02 Å². The van der Waals surface area contributed by atoms with E-state index in [0.29, 0.717) is 16.4 Å². The Balaban J connectivity index is 1.47. The summed E-state index contributed by atoms with van der Waals surface area (Å²) < 4.78 is 6.42. The Labute approximate surface area is 159 Å². The third-order valence-corrected chi connectivity index (χ3v) is 5.31. The number of ether oxygens (including phenoxy) is 1. The number of thiazole rings is 1. The second-order valence-corrected chi connectivity index (χ2v) is 7.31. The highest BCUT2D eigenvalue weighted by molar-refractivity contribution is 7.22. The van der Waals surface area contributed by atoms with Gasteiger partial charge in [0, 0.05) is 29.5 Å². The Morgan fingerprint density at radius 2 is 1.88 bits per heavy atom. The summed E-state index contributed by atoms with van der Waals surface area (Å²) in [5.74, 6) is 0. The van der Waals surface area contributed by atoms with E-state index in [1.54, 1.807) is 35.6 Å². The quantitative estimate of drug-likeness (QED) is 0.696. The van der Waals surface area contributed by atoms with Gasteiger partial charge in [-0.1, -0.05) is 29.0 Å². The number of carbonyl (C=O) groups excluding carboxylic acids is 1. The van der Waals surface area contributed by atoms with Gasteiger partial charge in [0.15, 0.2) is 5.13 Å². The third-order valence-electron chi connectivity index (χ3n) is 4.00. The van der Waals surface area contributed by atoms with Crippen LogP contribution in [0, 0.1) is 0 Å². The fourth-order valence-corrected chi connectivity index (χ4v) is 3.99. The fourth-order valence-electron chi connectivity index (χ4n) is 2.74. The van der Waals surface area contributed by atoms with Crippen molar-refractivity contribution >= 4 is 55.7 Å². The van der Waals surface area contributed by atoms with E-state index in [1.807, 2.05) is 18.2 Å². The van der Waals surface area contributed by atoms with Crippen LogP contribution in [-0.4, -0.2) is 37.3 Å². The minimum Gasteiger partial charge on any atom is -0.378 e. The highest BCUT2D eigenvalue weighted by Crippen LogP contribution is 2.31. The Bertz CT molecular complexity index is 940. The molecule has 3 aromatic rings. The molecule has 6 nitrogen and oxygen atoms in total. The van der Waals surface area contributed by atoms with Crippen molar-refractivity contribution in [3.8, 4) is 0 Å². The van der Waals surface area contributed by atoms with Crippen molar-refractivity contribution in [3.05, 3.63) is 47.5 Å². The van der Waals surface area contributed by atoms with E-state index in [1.165, 1.54) is 0 Å². The normalized spacial score (nSPS) is 14.4. The maximum Gasteiger partial charge on any atom is 0.323 e. The molecule has 1 fully saturated rings. The molecule has 0 atom stereocenters. The number of aromatic nitrogens is 1. The smallest absolute Gasteiger partial charge is 0.323 e. The summed E-state index contributed by atoms with van der Waals surface area (Å²) >= 11 is 7.55. The van der Waals surface area contributed by atoms with E-state index in [2.05, 4.69) is 20.5 Å². The molecule has 0 unspecified atom stereocenters. The first kappa shape index (κ1) is 17.1. The largest absolute Gasteiger partial charge is 0.378 e. The molecule has 0 bridgehead atoms. The number of morpholine rings is 1. The van der Waals surface area contributed by atoms with Crippen LogP contribution < -0.4 is 15.5 Å². The molecular formula is C18H17ClN4O2S. The summed E-state index contributed by atoms with van der Waals surface area (Å²) in [7, 11) is 0. The molecule has 2 amide bonds. The first-order chi connectivity index (χ1) is 12.7. The number of carbonyl (C=O) groups is 1. The van der Waals surface area contributed by atoms with Crippen LogP contribution in [-0.2, 0) is 4.74 Å². The average molecular weight is 389 g/mol. The number of fused-ring (bicyclic) bond motifs is 1. The van der Waals surface area contributed by atoms with Crippen molar-refractivity contribution in [1.82, 2.24) is 4.98 Å². The zero-order valence-electron chi connectivity index (χ0n) is 13.9. The van der Waals surface area contributed by atoms with Crippen LogP contribution in [0.25, 0.3) is 10.2 Å². The molecule has 2 aromatic carbocycles. The maximum absolute atomic E-state index is 12.2. The van der Waals surface area contributed by atoms with Gasteiger partial charge in [-0.2, -0.15) is 0 Å². The number of anilines is 3. The summed E-state index contributed by atoms with van der Waals surface area (Å²) in [6.07, 6.45) is 0. The van der Waals surface area contributed by atoms with E-state index < -0.39 is 0 Å². The highest BCUT2D eigenvalue weighted by atomic mass is 35.5. The van der Waals surface area contributed by atoms with E-state index in [-0.39, 0.29) is 6.03 Å². The van der Waals surface area contributed by atoms with Crippen molar-refractivity contribution in [1.29, 1.82) is 0 Å². The van der Waals surface area contributed by atoms with Gasteiger partial charge in [0.2, 0.25) is 0 Å². The molecule has 0 radical (unpaired) electrons. The summed E-state index contributed by atoms with van der Waals surface area (Å²) in [4.78, 5) is 19.1. The molecule has 2 N–H and O–H groups in total. The Hall–Kier alpha value is -2.35. The van der Waals surface area contributed by atoms with Gasteiger partial charge in [-0.05, 0) is 36.4 Å². The molecule has 0 aliphatic carbocycles. The Kier molecular flexibility index (Phi) is 4.92. The predicted molar refractivity (Wildman–Crippen MR) is 107 cm³/mol. The van der Waals surface area contributed by atoms with E-state index in [4.69, 9.17) is 16.3 Å². The molecular weight excluding hydrogens is 372 g/mol. The van der Waals surface area contributed by atoms with Crippen LogP contribution in [0.3, 0.4) is 0 Å². The number of urea groups is 1. The van der Waals surface area contributed by atoms with Crippen molar-refractivity contribution in [3.63, 3.8) is 0 Å². The summed E-state index contributed by atoms with van der Waals surface area (Å²) in [5.41, 5.74) is 2.29. The van der Waals surface area contributed by atoms with Gasteiger partial charge in [-0.3, -0.25) is 0 Å². The highest BCUT2D eigenvalue weighted by Gasteiger charge is 2.15. The summed E-state index contributed by atoms with van der Waals surface area (Å²) in [5, 5.41) is 7.17. The fraction of sp³-hybridized carbons (Fsp3) is 0.222. The molecule has 1 aromatic heterocycles. The van der Waals surface area contributed by atoms with Gasteiger partial charge in [0.1, 0.15) is 0 Å². The van der Waals surface area contributed by atoms with Gasteiger partial charge in [-0.25, -0.2) is 9.78 Å². The lowest BCUT2D eigenvalue weighted by molar-refractivity contribution is 0.122. The lowest BCUT2D eigenvalue weighted by Gasteiger charge is -2.25. The number of rotatable bonds is 3. The second-order valence-electron chi connectivity index (χ2n) is 5.87. The monoisotopic (exact) mass is 388 g/mol. The number of benzene rings is 2. The lowest BCUT2D eigenvalue weighted by Crippen LogP contribution is -2.36. The number of amides is 2. The van der Waals surface area contributed by atoms with Crippen LogP contribution in [0.15, 0.2) is 42.5 Å². The third kappa shape index (κ3) is 3.90. The van der Waals surface area contributed by atoms with Crippen LogP contribution >= 0.6 is 22.9 Å². The number of nitrogens with one attached hydrogen (secondary N) is 2. The number of nitrogens with zero attached hydrogens (tertiary/aromatic N) is 2. The second kappa shape index (κ2) is 7.49. The van der Waals surface area contributed by atoms with E-state index >= 15 is 0 Å². The lowest BCUT2D eigenvalue weighted by atomic mass is 10.3. The van der Waals surface area contributed by atoms with Crippen LogP contribution in [0.4, 0.5) is 21.3 Å². The summed E-state index contributed by atoms with van der Waals surface area (Å²) in [6, 6.07) is 12.4. The van der Waals surface area contributed by atoms with Gasteiger partial charge in [0.05, 0.1) is 23.4 Å². The number of halogens is 1. The van der Waals surface area contributed by atoms with Crippen LogP contribution in [0.1, 0.15) is 0 Å². The molecule has 0 spiro atoms. The van der Waals surface area contributed by atoms with Gasteiger partial charge in [0.25, 0.3) is 0 Å². The standard InChI is InChI=1S/C18H17ClN4O2S/c19-12-2-1-3-13(10-12)20-17(24)21-14-4-5-15-16(11-14)26-18(22-15)23-6-8-25-9-7-23/h1-5,10-11H,6-9H2,(H2,20,21,24). The first-order valence-electron chi connectivity index (χ1n) is 8.24. The zero-order valence-corrected chi connectivity index (χ0v) is 15.4. The van der Waals surface area contributed by atoms with Gasteiger partial charge in [-0.15, -0.1) is 0 Å². The minimum absolute atomic E-state index is 0.315. The minimum atomic E-state index is -0.315.